The number of imidazole rings is 1. The largest absolute Gasteiger partial charge is 0.330 e. The third-order valence-corrected chi connectivity index (χ3v) is 5.47. The lowest BCUT2D eigenvalue weighted by molar-refractivity contribution is -0.127. The van der Waals surface area contributed by atoms with E-state index >= 15 is 0 Å². The van der Waals surface area contributed by atoms with Crippen molar-refractivity contribution in [2.45, 2.75) is 19.5 Å². The molecule has 1 unspecified atom stereocenters. The summed E-state index contributed by atoms with van der Waals surface area (Å²) in [6.45, 7) is 3.40. The molecule has 1 atom stereocenters. The quantitative estimate of drug-likeness (QED) is 0.773. The average Bonchev–Trinajstić information content (AvgIpc) is 3.37. The van der Waals surface area contributed by atoms with Gasteiger partial charge >= 0.3 is 0 Å². The number of carbonyl (C=O) groups excluding carboxylic acids is 2. The Labute approximate surface area is 168 Å². The van der Waals surface area contributed by atoms with Gasteiger partial charge in [-0.3, -0.25) is 9.59 Å². The molecule has 1 aromatic heterocycles. The summed E-state index contributed by atoms with van der Waals surface area (Å²) in [5.41, 5.74) is 1.03. The molecular formula is C20H22ClN5O2. The SMILES string of the molecule is O=C(Nc1ccccc1Cl)c1cnc2n1CCN(C(=O)/C=C/C1CCNC1)C2. The summed E-state index contributed by atoms with van der Waals surface area (Å²) in [5.74, 6) is 0.860. The van der Waals surface area contributed by atoms with Crippen LogP contribution in [-0.4, -0.2) is 45.9 Å². The Kier molecular flexibility index (Phi) is 5.45. The van der Waals surface area contributed by atoms with Crippen molar-refractivity contribution in [2.24, 2.45) is 5.92 Å². The van der Waals surface area contributed by atoms with Crippen LogP contribution in [0.5, 0.6) is 0 Å². The van der Waals surface area contributed by atoms with Gasteiger partial charge in [0.25, 0.3) is 5.91 Å². The molecule has 0 saturated carbocycles. The van der Waals surface area contributed by atoms with Gasteiger partial charge in [-0.2, -0.15) is 0 Å². The van der Waals surface area contributed by atoms with Crippen molar-refractivity contribution in [1.82, 2.24) is 19.8 Å². The Morgan fingerprint density at radius 1 is 1.29 bits per heavy atom. The van der Waals surface area contributed by atoms with Gasteiger partial charge in [0, 0.05) is 19.6 Å². The molecule has 2 N–H and O–H groups in total. The molecule has 1 aromatic carbocycles. The normalized spacial score (nSPS) is 19.0. The van der Waals surface area contributed by atoms with Gasteiger partial charge in [-0.1, -0.05) is 29.8 Å². The number of nitrogens with one attached hydrogen (secondary N) is 2. The van der Waals surface area contributed by atoms with Crippen LogP contribution >= 0.6 is 11.6 Å². The van der Waals surface area contributed by atoms with Gasteiger partial charge in [-0.25, -0.2) is 4.98 Å². The van der Waals surface area contributed by atoms with E-state index in [0.29, 0.717) is 47.8 Å². The maximum Gasteiger partial charge on any atom is 0.273 e. The second kappa shape index (κ2) is 8.16. The lowest BCUT2D eigenvalue weighted by Crippen LogP contribution is -2.38. The number of hydrogen-bond acceptors (Lipinski definition) is 4. The first-order chi connectivity index (χ1) is 13.6. The third-order valence-electron chi connectivity index (χ3n) is 5.14. The number of carbonyl (C=O) groups is 2. The summed E-state index contributed by atoms with van der Waals surface area (Å²) in [4.78, 5) is 31.2. The van der Waals surface area contributed by atoms with Crippen LogP contribution in [-0.2, 0) is 17.9 Å². The summed E-state index contributed by atoms with van der Waals surface area (Å²) in [6.07, 6.45) is 6.28. The zero-order chi connectivity index (χ0) is 19.5. The maximum atomic E-state index is 12.6. The number of fused-ring (bicyclic) bond motifs is 1. The van der Waals surface area contributed by atoms with Gasteiger partial charge < -0.3 is 20.1 Å². The Morgan fingerprint density at radius 2 is 2.14 bits per heavy atom. The highest BCUT2D eigenvalue weighted by atomic mass is 35.5. The molecule has 8 heteroatoms. The maximum absolute atomic E-state index is 12.6. The van der Waals surface area contributed by atoms with Crippen molar-refractivity contribution in [3.63, 3.8) is 0 Å². The fourth-order valence-electron chi connectivity index (χ4n) is 3.54. The summed E-state index contributed by atoms with van der Waals surface area (Å²) in [6, 6.07) is 7.09. The topological polar surface area (TPSA) is 79.3 Å². The van der Waals surface area contributed by atoms with Gasteiger partial charge in [-0.15, -0.1) is 0 Å². The fraction of sp³-hybridized carbons (Fsp3) is 0.350. The molecule has 7 nitrogen and oxygen atoms in total. The summed E-state index contributed by atoms with van der Waals surface area (Å²) in [5, 5.41) is 6.59. The van der Waals surface area contributed by atoms with Crippen LogP contribution in [0.2, 0.25) is 5.02 Å². The number of nitrogens with zero attached hydrogens (tertiary/aromatic N) is 3. The van der Waals surface area contributed by atoms with Crippen molar-refractivity contribution < 1.29 is 9.59 Å². The molecule has 146 valence electrons. The lowest BCUT2D eigenvalue weighted by atomic mass is 10.1. The van der Waals surface area contributed by atoms with Crippen molar-refractivity contribution in [3.8, 4) is 0 Å². The van der Waals surface area contributed by atoms with E-state index in [-0.39, 0.29) is 11.8 Å². The summed E-state index contributed by atoms with van der Waals surface area (Å²) in [7, 11) is 0. The molecule has 2 aromatic rings. The highest BCUT2D eigenvalue weighted by Gasteiger charge is 2.25. The van der Waals surface area contributed by atoms with E-state index in [1.165, 1.54) is 0 Å². The first kappa shape index (κ1) is 18.7. The number of anilines is 1. The predicted molar refractivity (Wildman–Crippen MR) is 107 cm³/mol. The fourth-order valence-corrected chi connectivity index (χ4v) is 3.73. The van der Waals surface area contributed by atoms with Crippen LogP contribution in [0.15, 0.2) is 42.6 Å². The van der Waals surface area contributed by atoms with Crippen LogP contribution < -0.4 is 10.6 Å². The van der Waals surface area contributed by atoms with Gasteiger partial charge in [-0.05, 0) is 37.1 Å². The van der Waals surface area contributed by atoms with E-state index in [2.05, 4.69) is 15.6 Å². The predicted octanol–water partition coefficient (Wildman–Crippen LogP) is 2.30. The van der Waals surface area contributed by atoms with Gasteiger partial charge in [0.1, 0.15) is 11.5 Å². The minimum atomic E-state index is -0.264. The number of rotatable bonds is 4. The third kappa shape index (κ3) is 3.95. The monoisotopic (exact) mass is 399 g/mol. The molecule has 28 heavy (non-hydrogen) atoms. The Bertz CT molecular complexity index is 917. The molecule has 2 aliphatic heterocycles. The molecule has 1 fully saturated rings. The first-order valence-electron chi connectivity index (χ1n) is 9.40. The van der Waals surface area contributed by atoms with Crippen LogP contribution in [0.3, 0.4) is 0 Å². The molecule has 4 rings (SSSR count). The second-order valence-electron chi connectivity index (χ2n) is 7.02. The van der Waals surface area contributed by atoms with Crippen molar-refractivity contribution >= 4 is 29.1 Å². The zero-order valence-corrected chi connectivity index (χ0v) is 16.2. The van der Waals surface area contributed by atoms with Crippen LogP contribution in [0.4, 0.5) is 5.69 Å². The molecule has 0 aliphatic carbocycles. The highest BCUT2D eigenvalue weighted by molar-refractivity contribution is 6.33. The highest BCUT2D eigenvalue weighted by Crippen LogP contribution is 2.22. The summed E-state index contributed by atoms with van der Waals surface area (Å²) >= 11 is 6.11. The molecule has 0 radical (unpaired) electrons. The van der Waals surface area contributed by atoms with E-state index in [9.17, 15) is 9.59 Å². The van der Waals surface area contributed by atoms with Crippen molar-refractivity contribution in [1.29, 1.82) is 0 Å². The number of benzene rings is 1. The minimum absolute atomic E-state index is 0.0109. The van der Waals surface area contributed by atoms with E-state index in [4.69, 9.17) is 11.6 Å². The van der Waals surface area contributed by atoms with Gasteiger partial charge in [0.2, 0.25) is 5.91 Å². The van der Waals surface area contributed by atoms with E-state index in [1.54, 1.807) is 29.3 Å². The van der Waals surface area contributed by atoms with Crippen LogP contribution in [0.1, 0.15) is 22.7 Å². The molecular weight excluding hydrogens is 378 g/mol. The minimum Gasteiger partial charge on any atom is -0.330 e. The zero-order valence-electron chi connectivity index (χ0n) is 15.4. The second-order valence-corrected chi connectivity index (χ2v) is 7.42. The van der Waals surface area contributed by atoms with Crippen LogP contribution in [0, 0.1) is 5.92 Å². The Hall–Kier alpha value is -2.64. The number of hydrogen-bond donors (Lipinski definition) is 2. The number of halogens is 1. The Balaban J connectivity index is 1.42. The number of aromatic nitrogens is 2. The Morgan fingerprint density at radius 3 is 2.93 bits per heavy atom. The van der Waals surface area contributed by atoms with E-state index < -0.39 is 0 Å². The van der Waals surface area contributed by atoms with Crippen molar-refractivity contribution in [3.05, 3.63) is 59.2 Å². The standard InChI is InChI=1S/C20H22ClN5O2/c21-15-3-1-2-4-16(15)24-20(28)17-12-23-18-13-25(9-10-26(17)18)19(27)6-5-14-7-8-22-11-14/h1-6,12,14,22H,7-11,13H2,(H,24,28)/b6-5+. The molecule has 3 heterocycles. The van der Waals surface area contributed by atoms with Gasteiger partial charge in [0.05, 0.1) is 23.5 Å². The lowest BCUT2D eigenvalue weighted by Gasteiger charge is -2.27. The van der Waals surface area contributed by atoms with Crippen LogP contribution in [0.25, 0.3) is 0 Å². The first-order valence-corrected chi connectivity index (χ1v) is 9.78. The smallest absolute Gasteiger partial charge is 0.273 e. The van der Waals surface area contributed by atoms with E-state index in [0.717, 1.165) is 19.5 Å². The number of amides is 2. The van der Waals surface area contributed by atoms with Gasteiger partial charge in [0.15, 0.2) is 0 Å². The molecule has 1 saturated heterocycles. The van der Waals surface area contributed by atoms with Crippen molar-refractivity contribution in [2.75, 3.05) is 25.0 Å². The summed E-state index contributed by atoms with van der Waals surface area (Å²) < 4.78 is 1.86. The molecule has 2 amide bonds. The average molecular weight is 400 g/mol. The molecule has 0 bridgehead atoms. The van der Waals surface area contributed by atoms with E-state index in [1.807, 2.05) is 22.8 Å². The number of para-hydroxylation sites is 1. The molecule has 0 spiro atoms. The molecule has 2 aliphatic rings.